The lowest BCUT2D eigenvalue weighted by molar-refractivity contribution is 1.18. The molecular formula is C11H7Br2N3S. The monoisotopic (exact) mass is 371 g/mol. The predicted octanol–water partition coefficient (Wildman–Crippen LogP) is 4.17. The van der Waals surface area contributed by atoms with E-state index in [0.717, 1.165) is 24.5 Å². The molecule has 0 atom stereocenters. The molecule has 0 fully saturated rings. The van der Waals surface area contributed by atoms with Gasteiger partial charge in [-0.15, -0.1) is 11.3 Å². The topological polar surface area (TPSA) is 43.3 Å². The second-order valence-electron chi connectivity index (χ2n) is 3.52. The van der Waals surface area contributed by atoms with Gasteiger partial charge in [-0.05, 0) is 56.1 Å². The highest BCUT2D eigenvalue weighted by atomic mass is 79.9. The fourth-order valence-electron chi connectivity index (χ4n) is 1.66. The number of nitrogens with zero attached hydrogens (tertiary/aromatic N) is 2. The van der Waals surface area contributed by atoms with E-state index in [1.165, 1.54) is 0 Å². The minimum atomic E-state index is 0.663. The van der Waals surface area contributed by atoms with Gasteiger partial charge in [0.15, 0.2) is 0 Å². The minimum absolute atomic E-state index is 0.663. The maximum atomic E-state index is 6.12. The molecule has 0 aromatic carbocycles. The van der Waals surface area contributed by atoms with Gasteiger partial charge in [0.1, 0.15) is 17.2 Å². The van der Waals surface area contributed by atoms with Crippen LogP contribution in [0.5, 0.6) is 0 Å². The number of rotatable bonds is 1. The molecule has 3 heterocycles. The smallest absolute Gasteiger partial charge is 0.139 e. The van der Waals surface area contributed by atoms with E-state index in [1.54, 1.807) is 11.3 Å². The highest BCUT2D eigenvalue weighted by Crippen LogP contribution is 2.34. The Morgan fingerprint density at radius 2 is 2.00 bits per heavy atom. The number of halogens is 2. The summed E-state index contributed by atoms with van der Waals surface area (Å²) in [7, 11) is 0. The van der Waals surface area contributed by atoms with Crippen molar-refractivity contribution in [1.29, 1.82) is 0 Å². The van der Waals surface area contributed by atoms with Crippen LogP contribution in [0.2, 0.25) is 0 Å². The van der Waals surface area contributed by atoms with Gasteiger partial charge in [-0.3, -0.25) is 4.40 Å². The van der Waals surface area contributed by atoms with Crippen molar-refractivity contribution in [3.63, 3.8) is 0 Å². The van der Waals surface area contributed by atoms with E-state index >= 15 is 0 Å². The van der Waals surface area contributed by atoms with E-state index in [9.17, 15) is 0 Å². The molecule has 0 saturated heterocycles. The Morgan fingerprint density at radius 3 is 2.71 bits per heavy atom. The molecule has 3 rings (SSSR count). The maximum Gasteiger partial charge on any atom is 0.139 e. The Labute approximate surface area is 119 Å². The van der Waals surface area contributed by atoms with E-state index in [1.807, 2.05) is 34.9 Å². The average Bonchev–Trinajstić information content (AvgIpc) is 2.84. The van der Waals surface area contributed by atoms with Crippen LogP contribution in [-0.4, -0.2) is 9.38 Å². The molecule has 0 aliphatic heterocycles. The van der Waals surface area contributed by atoms with Crippen LogP contribution in [0.1, 0.15) is 0 Å². The molecule has 0 amide bonds. The minimum Gasteiger partial charge on any atom is -0.383 e. The summed E-state index contributed by atoms with van der Waals surface area (Å²) in [6, 6.07) is 7.91. The predicted molar refractivity (Wildman–Crippen MR) is 78.3 cm³/mol. The van der Waals surface area contributed by atoms with E-state index in [4.69, 9.17) is 5.73 Å². The molecule has 0 aliphatic carbocycles. The molecule has 0 bridgehead atoms. The molecule has 0 spiro atoms. The summed E-state index contributed by atoms with van der Waals surface area (Å²) in [4.78, 5) is 5.61. The van der Waals surface area contributed by atoms with Gasteiger partial charge in [-0.2, -0.15) is 0 Å². The van der Waals surface area contributed by atoms with Crippen LogP contribution in [0.25, 0.3) is 16.2 Å². The zero-order chi connectivity index (χ0) is 12.0. The van der Waals surface area contributed by atoms with Gasteiger partial charge >= 0.3 is 0 Å². The first kappa shape index (κ1) is 11.3. The number of thiophene rings is 1. The SMILES string of the molecule is Nc1c(-c2ccc(Br)s2)nc2ccc(Br)cn12. The van der Waals surface area contributed by atoms with Crippen LogP contribution in [0.3, 0.4) is 0 Å². The molecule has 3 nitrogen and oxygen atoms in total. The molecule has 0 radical (unpaired) electrons. The zero-order valence-electron chi connectivity index (χ0n) is 8.52. The number of imidazole rings is 1. The van der Waals surface area contributed by atoms with Gasteiger partial charge in [0.2, 0.25) is 0 Å². The lowest BCUT2D eigenvalue weighted by Crippen LogP contribution is -1.93. The number of anilines is 1. The van der Waals surface area contributed by atoms with Crippen molar-refractivity contribution in [2.24, 2.45) is 0 Å². The molecule has 3 aromatic rings. The first-order valence-electron chi connectivity index (χ1n) is 4.84. The maximum absolute atomic E-state index is 6.12. The average molecular weight is 373 g/mol. The quantitative estimate of drug-likeness (QED) is 0.696. The fourth-order valence-corrected chi connectivity index (χ4v) is 3.38. The lowest BCUT2D eigenvalue weighted by Gasteiger charge is -1.97. The van der Waals surface area contributed by atoms with E-state index < -0.39 is 0 Å². The van der Waals surface area contributed by atoms with Crippen LogP contribution in [-0.2, 0) is 0 Å². The summed E-state index contributed by atoms with van der Waals surface area (Å²) in [6.45, 7) is 0. The summed E-state index contributed by atoms with van der Waals surface area (Å²) in [6.07, 6.45) is 1.92. The van der Waals surface area contributed by atoms with Crippen molar-refractivity contribution in [2.75, 3.05) is 5.73 Å². The molecule has 0 aliphatic rings. The molecular weight excluding hydrogens is 366 g/mol. The molecule has 3 aromatic heterocycles. The van der Waals surface area contributed by atoms with E-state index in [0.29, 0.717) is 5.82 Å². The van der Waals surface area contributed by atoms with Crippen molar-refractivity contribution in [2.45, 2.75) is 0 Å². The number of nitrogen functional groups attached to an aromatic ring is 1. The van der Waals surface area contributed by atoms with Gasteiger partial charge in [0.05, 0.1) is 8.66 Å². The number of aromatic nitrogens is 2. The van der Waals surface area contributed by atoms with Gasteiger partial charge in [-0.25, -0.2) is 4.98 Å². The van der Waals surface area contributed by atoms with Crippen LogP contribution < -0.4 is 5.73 Å². The van der Waals surface area contributed by atoms with Crippen LogP contribution in [0, 0.1) is 0 Å². The van der Waals surface area contributed by atoms with Gasteiger partial charge < -0.3 is 5.73 Å². The molecule has 0 unspecified atom stereocenters. The Morgan fingerprint density at radius 1 is 1.18 bits per heavy atom. The number of pyridine rings is 1. The normalized spacial score (nSPS) is 11.2. The molecule has 2 N–H and O–H groups in total. The van der Waals surface area contributed by atoms with Gasteiger partial charge in [-0.1, -0.05) is 0 Å². The van der Waals surface area contributed by atoms with Gasteiger partial charge in [0, 0.05) is 10.7 Å². The number of hydrogen-bond acceptors (Lipinski definition) is 3. The fraction of sp³-hybridized carbons (Fsp3) is 0. The summed E-state index contributed by atoms with van der Waals surface area (Å²) in [5, 5.41) is 0. The molecule has 17 heavy (non-hydrogen) atoms. The molecule has 6 heteroatoms. The van der Waals surface area contributed by atoms with Crippen molar-refractivity contribution >= 4 is 54.7 Å². The van der Waals surface area contributed by atoms with Crippen molar-refractivity contribution < 1.29 is 0 Å². The third-order valence-electron chi connectivity index (χ3n) is 2.43. The Bertz CT molecular complexity index is 702. The summed E-state index contributed by atoms with van der Waals surface area (Å²) >= 11 is 8.50. The third kappa shape index (κ3) is 1.90. The van der Waals surface area contributed by atoms with E-state index in [-0.39, 0.29) is 0 Å². The summed E-state index contributed by atoms with van der Waals surface area (Å²) in [5.74, 6) is 0.663. The first-order valence-corrected chi connectivity index (χ1v) is 7.24. The number of nitrogens with two attached hydrogens (primary N) is 1. The van der Waals surface area contributed by atoms with Crippen molar-refractivity contribution in [3.8, 4) is 10.6 Å². The molecule has 86 valence electrons. The Hall–Kier alpha value is -0.850. The summed E-state index contributed by atoms with van der Waals surface area (Å²) < 4.78 is 3.94. The Balaban J connectivity index is 2.27. The second-order valence-corrected chi connectivity index (χ2v) is 6.90. The van der Waals surface area contributed by atoms with Crippen molar-refractivity contribution in [1.82, 2.24) is 9.38 Å². The number of hydrogen-bond donors (Lipinski definition) is 1. The molecule has 0 saturated carbocycles. The zero-order valence-corrected chi connectivity index (χ0v) is 12.5. The first-order chi connectivity index (χ1) is 8.15. The Kier molecular flexibility index (Phi) is 2.72. The highest BCUT2D eigenvalue weighted by Gasteiger charge is 2.12. The van der Waals surface area contributed by atoms with Gasteiger partial charge in [0.25, 0.3) is 0 Å². The standard InChI is InChI=1S/C11H7Br2N3S/c12-6-1-4-9-15-10(11(14)16(9)5-6)7-2-3-8(13)17-7/h1-5H,14H2. The largest absolute Gasteiger partial charge is 0.383 e. The third-order valence-corrected chi connectivity index (χ3v) is 4.53. The highest BCUT2D eigenvalue weighted by molar-refractivity contribution is 9.11. The number of fused-ring (bicyclic) bond motifs is 1. The van der Waals surface area contributed by atoms with E-state index in [2.05, 4.69) is 36.8 Å². The second kappa shape index (κ2) is 4.12. The van der Waals surface area contributed by atoms with Crippen LogP contribution in [0.15, 0.2) is 38.7 Å². The van der Waals surface area contributed by atoms with Crippen LogP contribution >= 0.6 is 43.2 Å². The van der Waals surface area contributed by atoms with Crippen LogP contribution in [0.4, 0.5) is 5.82 Å². The summed E-state index contributed by atoms with van der Waals surface area (Å²) in [5.41, 5.74) is 7.80. The van der Waals surface area contributed by atoms with Crippen molar-refractivity contribution in [3.05, 3.63) is 38.7 Å². The lowest BCUT2D eigenvalue weighted by atomic mass is 10.3.